The number of benzene rings is 3. The van der Waals surface area contributed by atoms with Crippen LogP contribution in [0.3, 0.4) is 0 Å². The summed E-state index contributed by atoms with van der Waals surface area (Å²) in [6, 6.07) is 22.0. The second-order valence-corrected chi connectivity index (χ2v) is 9.52. The maximum atomic E-state index is 14.0. The van der Waals surface area contributed by atoms with Crippen LogP contribution in [-0.4, -0.2) is 57.1 Å². The summed E-state index contributed by atoms with van der Waals surface area (Å²) in [4.78, 5) is 13.7. The molecule has 0 saturated heterocycles. The number of likely N-dealkylation sites (N-methyl/N-ethyl adjacent to an activating group) is 1. The van der Waals surface area contributed by atoms with Gasteiger partial charge in [0.25, 0.3) is 0 Å². The van der Waals surface area contributed by atoms with Gasteiger partial charge in [-0.25, -0.2) is 0 Å². The Morgan fingerprint density at radius 2 is 1.44 bits per heavy atom. The standard InChI is InChI=1S/C28H29Cl2F2NO3/c1-33(18-26(21-5-9-23(29)10-6-21)22-7-11-24(30)12-8-22)15-16-36-25-13-3-20(4-14-25)17-28(31,32)27(34)19-35-2/h3-14,26H,15-19H2,1-2H3. The monoisotopic (exact) mass is 535 g/mol. The predicted molar refractivity (Wildman–Crippen MR) is 140 cm³/mol. The van der Waals surface area contributed by atoms with Crippen LogP contribution < -0.4 is 4.74 Å². The fourth-order valence-corrected chi connectivity index (χ4v) is 4.06. The van der Waals surface area contributed by atoms with Gasteiger partial charge in [0, 0.05) is 42.6 Å². The predicted octanol–water partition coefficient (Wildman–Crippen LogP) is 6.53. The van der Waals surface area contributed by atoms with Crippen LogP contribution in [-0.2, 0) is 16.0 Å². The topological polar surface area (TPSA) is 38.8 Å². The molecule has 3 aromatic rings. The second kappa shape index (κ2) is 13.2. The first-order valence-corrected chi connectivity index (χ1v) is 12.2. The summed E-state index contributed by atoms with van der Waals surface area (Å²) in [5.74, 6) is -4.01. The second-order valence-electron chi connectivity index (χ2n) is 8.65. The summed E-state index contributed by atoms with van der Waals surface area (Å²) in [5, 5.41) is 1.37. The Balaban J connectivity index is 1.55. The van der Waals surface area contributed by atoms with Gasteiger partial charge < -0.3 is 14.4 Å². The van der Waals surface area contributed by atoms with E-state index >= 15 is 0 Å². The molecule has 192 valence electrons. The van der Waals surface area contributed by atoms with E-state index in [1.165, 1.54) is 7.11 Å². The molecule has 36 heavy (non-hydrogen) atoms. The van der Waals surface area contributed by atoms with Crippen LogP contribution in [0.25, 0.3) is 0 Å². The summed E-state index contributed by atoms with van der Waals surface area (Å²) in [5.41, 5.74) is 2.64. The molecule has 4 nitrogen and oxygen atoms in total. The summed E-state index contributed by atoms with van der Waals surface area (Å²) in [7, 11) is 3.23. The van der Waals surface area contributed by atoms with E-state index in [1.807, 2.05) is 55.6 Å². The van der Waals surface area contributed by atoms with E-state index in [-0.39, 0.29) is 5.92 Å². The van der Waals surface area contributed by atoms with Crippen LogP contribution in [0.4, 0.5) is 8.78 Å². The lowest BCUT2D eigenvalue weighted by Crippen LogP contribution is -2.34. The van der Waals surface area contributed by atoms with Crippen LogP contribution >= 0.6 is 23.2 Å². The van der Waals surface area contributed by atoms with Crippen molar-refractivity contribution in [2.45, 2.75) is 18.3 Å². The van der Waals surface area contributed by atoms with E-state index in [0.717, 1.165) is 17.7 Å². The minimum atomic E-state index is -3.47. The van der Waals surface area contributed by atoms with Crippen LogP contribution in [0.1, 0.15) is 22.6 Å². The maximum absolute atomic E-state index is 14.0. The van der Waals surface area contributed by atoms with Crippen LogP contribution in [0.15, 0.2) is 72.8 Å². The number of hydrogen-bond donors (Lipinski definition) is 0. The first-order valence-electron chi connectivity index (χ1n) is 11.5. The van der Waals surface area contributed by atoms with Crippen molar-refractivity contribution in [1.82, 2.24) is 4.90 Å². The van der Waals surface area contributed by atoms with Gasteiger partial charge in [0.05, 0.1) is 0 Å². The quantitative estimate of drug-likeness (QED) is 0.249. The molecule has 0 aliphatic carbocycles. The van der Waals surface area contributed by atoms with Gasteiger partial charge in [-0.05, 0) is 60.1 Å². The minimum Gasteiger partial charge on any atom is -0.492 e. The van der Waals surface area contributed by atoms with Crippen LogP contribution in [0, 0.1) is 0 Å². The highest BCUT2D eigenvalue weighted by molar-refractivity contribution is 6.30. The number of alkyl halides is 2. The van der Waals surface area contributed by atoms with Crippen molar-refractivity contribution in [2.24, 2.45) is 0 Å². The first kappa shape index (κ1) is 28.1. The molecule has 0 unspecified atom stereocenters. The van der Waals surface area contributed by atoms with E-state index in [4.69, 9.17) is 27.9 Å². The molecule has 0 heterocycles. The van der Waals surface area contributed by atoms with E-state index in [9.17, 15) is 13.6 Å². The van der Waals surface area contributed by atoms with Crippen molar-refractivity contribution in [3.63, 3.8) is 0 Å². The number of ketones is 1. The molecule has 0 fully saturated rings. The number of methoxy groups -OCH3 is 1. The number of nitrogens with zero attached hydrogens (tertiary/aromatic N) is 1. The van der Waals surface area contributed by atoms with Gasteiger partial charge in [0.1, 0.15) is 19.0 Å². The van der Waals surface area contributed by atoms with Crippen molar-refractivity contribution >= 4 is 29.0 Å². The fourth-order valence-electron chi connectivity index (χ4n) is 3.81. The smallest absolute Gasteiger partial charge is 0.311 e. The highest BCUT2D eigenvalue weighted by Crippen LogP contribution is 2.28. The Hall–Kier alpha value is -2.51. The average molecular weight is 536 g/mol. The van der Waals surface area contributed by atoms with E-state index in [0.29, 0.717) is 34.5 Å². The van der Waals surface area contributed by atoms with E-state index < -0.39 is 24.7 Å². The summed E-state index contributed by atoms with van der Waals surface area (Å²) in [6.07, 6.45) is -0.672. The SMILES string of the molecule is COCC(=O)C(F)(F)Cc1ccc(OCCN(C)CC(c2ccc(Cl)cc2)c2ccc(Cl)cc2)cc1. The van der Waals surface area contributed by atoms with E-state index in [1.54, 1.807) is 24.3 Å². The van der Waals surface area contributed by atoms with Gasteiger partial charge >= 0.3 is 5.92 Å². The molecule has 0 bridgehead atoms. The Kier molecular flexibility index (Phi) is 10.3. The van der Waals surface area contributed by atoms with Crippen LogP contribution in [0.2, 0.25) is 10.0 Å². The zero-order valence-corrected chi connectivity index (χ0v) is 21.7. The van der Waals surface area contributed by atoms with Gasteiger partial charge in [0.2, 0.25) is 5.78 Å². The number of rotatable bonds is 13. The number of Topliss-reactive ketones (excluding diaryl/α,β-unsaturated/α-hetero) is 1. The molecular formula is C28H29Cl2F2NO3. The third-order valence-corrected chi connectivity index (χ3v) is 6.32. The third kappa shape index (κ3) is 8.27. The molecule has 0 amide bonds. The van der Waals surface area contributed by atoms with Crippen molar-refractivity contribution in [3.05, 3.63) is 99.5 Å². The lowest BCUT2D eigenvalue weighted by molar-refractivity contribution is -0.146. The average Bonchev–Trinajstić information content (AvgIpc) is 2.85. The summed E-state index contributed by atoms with van der Waals surface area (Å²) in [6.45, 7) is 1.21. The van der Waals surface area contributed by atoms with Crippen molar-refractivity contribution < 1.29 is 23.0 Å². The van der Waals surface area contributed by atoms with Gasteiger partial charge in [-0.2, -0.15) is 8.78 Å². The molecular weight excluding hydrogens is 507 g/mol. The number of carbonyl (C=O) groups excluding carboxylic acids is 1. The molecule has 0 spiro atoms. The Morgan fingerprint density at radius 3 is 1.94 bits per heavy atom. The Morgan fingerprint density at radius 1 is 0.917 bits per heavy atom. The minimum absolute atomic E-state index is 0.117. The van der Waals surface area contributed by atoms with Crippen molar-refractivity contribution in [2.75, 3.05) is 40.5 Å². The molecule has 3 aromatic carbocycles. The first-order chi connectivity index (χ1) is 17.2. The molecule has 0 aliphatic rings. The molecule has 0 aliphatic heterocycles. The van der Waals surface area contributed by atoms with Crippen LogP contribution in [0.5, 0.6) is 5.75 Å². The van der Waals surface area contributed by atoms with Gasteiger partial charge in [-0.3, -0.25) is 4.79 Å². The van der Waals surface area contributed by atoms with Gasteiger partial charge in [-0.15, -0.1) is 0 Å². The fraction of sp³-hybridized carbons (Fsp3) is 0.321. The highest BCUT2D eigenvalue weighted by Gasteiger charge is 2.38. The Bertz CT molecular complexity index is 1060. The number of carbonyl (C=O) groups is 1. The summed E-state index contributed by atoms with van der Waals surface area (Å²) < 4.78 is 38.3. The molecule has 0 aromatic heterocycles. The lowest BCUT2D eigenvalue weighted by Gasteiger charge is -2.25. The van der Waals surface area contributed by atoms with Crippen molar-refractivity contribution in [1.29, 1.82) is 0 Å². The molecule has 8 heteroatoms. The normalized spacial score (nSPS) is 11.8. The highest BCUT2D eigenvalue weighted by atomic mass is 35.5. The number of halogens is 4. The number of ether oxygens (including phenoxy) is 2. The molecule has 0 atom stereocenters. The van der Waals surface area contributed by atoms with E-state index in [2.05, 4.69) is 9.64 Å². The Labute approximate surface area is 220 Å². The molecule has 3 rings (SSSR count). The lowest BCUT2D eigenvalue weighted by atomic mass is 9.91. The maximum Gasteiger partial charge on any atom is 0.311 e. The zero-order valence-electron chi connectivity index (χ0n) is 20.2. The third-order valence-electron chi connectivity index (χ3n) is 5.81. The molecule has 0 radical (unpaired) electrons. The number of hydrogen-bond acceptors (Lipinski definition) is 4. The molecule has 0 saturated carbocycles. The summed E-state index contributed by atoms with van der Waals surface area (Å²) >= 11 is 12.2. The van der Waals surface area contributed by atoms with Crippen molar-refractivity contribution in [3.8, 4) is 5.75 Å². The zero-order chi connectivity index (χ0) is 26.1. The van der Waals surface area contributed by atoms with Gasteiger partial charge in [-0.1, -0.05) is 59.6 Å². The largest absolute Gasteiger partial charge is 0.492 e. The molecule has 0 N–H and O–H groups in total. The van der Waals surface area contributed by atoms with Gasteiger partial charge in [0.15, 0.2) is 0 Å².